The summed E-state index contributed by atoms with van der Waals surface area (Å²) < 4.78 is 0. The van der Waals surface area contributed by atoms with Crippen molar-refractivity contribution >= 4 is 5.91 Å². The molecule has 1 heterocycles. The van der Waals surface area contributed by atoms with Gasteiger partial charge in [-0.1, -0.05) is 30.3 Å². The second-order valence-corrected chi connectivity index (χ2v) is 5.59. The van der Waals surface area contributed by atoms with Crippen LogP contribution < -0.4 is 0 Å². The van der Waals surface area contributed by atoms with Crippen LogP contribution in [0.15, 0.2) is 30.3 Å². The molecule has 19 heavy (non-hydrogen) atoms. The van der Waals surface area contributed by atoms with Crippen LogP contribution in [0.3, 0.4) is 0 Å². The lowest BCUT2D eigenvalue weighted by Gasteiger charge is -2.24. The van der Waals surface area contributed by atoms with Crippen LogP contribution in [0.1, 0.15) is 30.7 Å². The van der Waals surface area contributed by atoms with Gasteiger partial charge in [0.15, 0.2) is 0 Å². The first-order valence-electron chi connectivity index (χ1n) is 7.17. The summed E-state index contributed by atoms with van der Waals surface area (Å²) >= 11 is 0. The molecule has 0 N–H and O–H groups in total. The molecule has 0 bridgehead atoms. The highest BCUT2D eigenvalue weighted by Gasteiger charge is 2.27. The van der Waals surface area contributed by atoms with Crippen LogP contribution in [0.25, 0.3) is 0 Å². The van der Waals surface area contributed by atoms with Crippen molar-refractivity contribution in [3.63, 3.8) is 0 Å². The molecule has 104 valence electrons. The summed E-state index contributed by atoms with van der Waals surface area (Å²) in [7, 11) is 4.12. The lowest BCUT2D eigenvalue weighted by Crippen LogP contribution is -2.34. The van der Waals surface area contributed by atoms with Gasteiger partial charge in [-0.05, 0) is 45.5 Å². The Balaban J connectivity index is 2.11. The number of benzene rings is 1. The molecule has 3 heteroatoms. The fourth-order valence-electron chi connectivity index (χ4n) is 2.66. The molecule has 0 spiro atoms. The largest absolute Gasteiger partial charge is 0.342 e. The van der Waals surface area contributed by atoms with Crippen LogP contribution in [0.4, 0.5) is 0 Å². The Morgan fingerprint density at radius 3 is 2.42 bits per heavy atom. The van der Waals surface area contributed by atoms with Gasteiger partial charge in [0.25, 0.3) is 0 Å². The van der Waals surface area contributed by atoms with E-state index in [1.807, 2.05) is 23.1 Å². The van der Waals surface area contributed by atoms with E-state index in [0.717, 1.165) is 44.5 Å². The van der Waals surface area contributed by atoms with E-state index >= 15 is 0 Å². The number of amides is 1. The van der Waals surface area contributed by atoms with E-state index < -0.39 is 0 Å². The van der Waals surface area contributed by atoms with Gasteiger partial charge in [-0.2, -0.15) is 0 Å². The number of carbonyl (C=O) groups excluding carboxylic acids is 1. The Labute approximate surface area is 116 Å². The molecule has 1 amide bonds. The van der Waals surface area contributed by atoms with E-state index in [0.29, 0.717) is 5.91 Å². The Hall–Kier alpha value is -1.35. The van der Waals surface area contributed by atoms with Crippen LogP contribution in [-0.4, -0.2) is 49.4 Å². The van der Waals surface area contributed by atoms with E-state index in [-0.39, 0.29) is 5.92 Å². The van der Waals surface area contributed by atoms with Gasteiger partial charge in [0.2, 0.25) is 5.91 Å². The Kier molecular flexibility index (Phi) is 4.97. The van der Waals surface area contributed by atoms with Gasteiger partial charge in [-0.15, -0.1) is 0 Å². The lowest BCUT2D eigenvalue weighted by atomic mass is 9.94. The predicted molar refractivity (Wildman–Crippen MR) is 78.2 cm³/mol. The third-order valence-electron chi connectivity index (χ3n) is 3.78. The van der Waals surface area contributed by atoms with Gasteiger partial charge >= 0.3 is 0 Å². The second kappa shape index (κ2) is 6.71. The van der Waals surface area contributed by atoms with Crippen molar-refractivity contribution in [3.05, 3.63) is 35.9 Å². The molecule has 1 aliphatic rings. The van der Waals surface area contributed by atoms with Crippen molar-refractivity contribution < 1.29 is 4.79 Å². The zero-order valence-electron chi connectivity index (χ0n) is 12.0. The SMILES string of the molecule is CN(C)CCC(C(=O)N1CCCC1)c1ccccc1. The average Bonchev–Trinajstić information content (AvgIpc) is 2.93. The van der Waals surface area contributed by atoms with Gasteiger partial charge in [-0.25, -0.2) is 0 Å². The zero-order valence-corrected chi connectivity index (χ0v) is 12.0. The van der Waals surface area contributed by atoms with Crippen molar-refractivity contribution in [2.45, 2.75) is 25.2 Å². The van der Waals surface area contributed by atoms with E-state index in [9.17, 15) is 4.79 Å². The minimum Gasteiger partial charge on any atom is -0.342 e. The third kappa shape index (κ3) is 3.80. The summed E-state index contributed by atoms with van der Waals surface area (Å²) in [4.78, 5) is 16.8. The van der Waals surface area contributed by atoms with Crippen molar-refractivity contribution in [3.8, 4) is 0 Å². The predicted octanol–water partition coefficient (Wildman–Crippen LogP) is 2.34. The number of hydrogen-bond donors (Lipinski definition) is 0. The lowest BCUT2D eigenvalue weighted by molar-refractivity contribution is -0.132. The van der Waals surface area contributed by atoms with E-state index in [1.165, 1.54) is 0 Å². The summed E-state index contributed by atoms with van der Waals surface area (Å²) in [5, 5.41) is 0. The maximum Gasteiger partial charge on any atom is 0.230 e. The summed E-state index contributed by atoms with van der Waals surface area (Å²) in [6.07, 6.45) is 3.20. The first kappa shape index (κ1) is 14.1. The molecule has 3 nitrogen and oxygen atoms in total. The highest BCUT2D eigenvalue weighted by Crippen LogP contribution is 2.24. The Morgan fingerprint density at radius 2 is 1.84 bits per heavy atom. The van der Waals surface area contributed by atoms with E-state index in [2.05, 4.69) is 31.1 Å². The molecule has 1 aromatic carbocycles. The second-order valence-electron chi connectivity index (χ2n) is 5.59. The van der Waals surface area contributed by atoms with Crippen LogP contribution in [0, 0.1) is 0 Å². The maximum absolute atomic E-state index is 12.7. The average molecular weight is 260 g/mol. The number of hydrogen-bond acceptors (Lipinski definition) is 2. The Bertz CT molecular complexity index is 396. The molecular formula is C16H24N2O. The zero-order chi connectivity index (χ0) is 13.7. The standard InChI is InChI=1S/C16H24N2O/c1-17(2)13-10-15(14-8-4-3-5-9-14)16(19)18-11-6-7-12-18/h3-5,8-9,15H,6-7,10-13H2,1-2H3. The number of nitrogens with zero attached hydrogens (tertiary/aromatic N) is 2. The third-order valence-corrected chi connectivity index (χ3v) is 3.78. The van der Waals surface area contributed by atoms with Gasteiger partial charge in [0.1, 0.15) is 0 Å². The first-order valence-corrected chi connectivity index (χ1v) is 7.17. The molecule has 0 aliphatic carbocycles. The summed E-state index contributed by atoms with van der Waals surface area (Å²) in [5.41, 5.74) is 1.15. The fraction of sp³-hybridized carbons (Fsp3) is 0.562. The minimum absolute atomic E-state index is 0.0155. The maximum atomic E-state index is 12.7. The summed E-state index contributed by atoms with van der Waals surface area (Å²) in [5.74, 6) is 0.326. The summed E-state index contributed by atoms with van der Waals surface area (Å²) in [6, 6.07) is 10.2. The molecule has 1 atom stereocenters. The van der Waals surface area contributed by atoms with Gasteiger partial charge < -0.3 is 9.80 Å². The van der Waals surface area contributed by atoms with Gasteiger partial charge in [0, 0.05) is 13.1 Å². The topological polar surface area (TPSA) is 23.6 Å². The Morgan fingerprint density at radius 1 is 1.21 bits per heavy atom. The highest BCUT2D eigenvalue weighted by atomic mass is 16.2. The van der Waals surface area contributed by atoms with Crippen molar-refractivity contribution in [2.24, 2.45) is 0 Å². The highest BCUT2D eigenvalue weighted by molar-refractivity contribution is 5.84. The molecule has 0 saturated carbocycles. The molecule has 1 fully saturated rings. The van der Waals surface area contributed by atoms with Crippen LogP contribution in [0.2, 0.25) is 0 Å². The van der Waals surface area contributed by atoms with Crippen molar-refractivity contribution in [1.82, 2.24) is 9.80 Å². The van der Waals surface area contributed by atoms with Gasteiger partial charge in [-0.3, -0.25) is 4.79 Å². The monoisotopic (exact) mass is 260 g/mol. The molecule has 0 aromatic heterocycles. The van der Waals surface area contributed by atoms with Crippen LogP contribution >= 0.6 is 0 Å². The van der Waals surface area contributed by atoms with Crippen LogP contribution in [-0.2, 0) is 4.79 Å². The minimum atomic E-state index is 0.0155. The first-order chi connectivity index (χ1) is 9.18. The molecule has 1 saturated heterocycles. The van der Waals surface area contributed by atoms with E-state index in [4.69, 9.17) is 0 Å². The van der Waals surface area contributed by atoms with E-state index in [1.54, 1.807) is 0 Å². The summed E-state index contributed by atoms with van der Waals surface area (Å²) in [6.45, 7) is 2.81. The smallest absolute Gasteiger partial charge is 0.230 e. The molecule has 1 aromatic rings. The van der Waals surface area contributed by atoms with Crippen molar-refractivity contribution in [1.29, 1.82) is 0 Å². The fourth-order valence-corrected chi connectivity index (χ4v) is 2.66. The molecule has 2 rings (SSSR count). The molecular weight excluding hydrogens is 236 g/mol. The number of rotatable bonds is 5. The number of likely N-dealkylation sites (tertiary alicyclic amines) is 1. The number of carbonyl (C=O) groups is 1. The van der Waals surface area contributed by atoms with Crippen LogP contribution in [0.5, 0.6) is 0 Å². The molecule has 1 unspecified atom stereocenters. The van der Waals surface area contributed by atoms with Crippen molar-refractivity contribution in [2.75, 3.05) is 33.7 Å². The quantitative estimate of drug-likeness (QED) is 0.811. The molecule has 1 aliphatic heterocycles. The van der Waals surface area contributed by atoms with Gasteiger partial charge in [0.05, 0.1) is 5.92 Å². The normalized spacial score (nSPS) is 16.9. The molecule has 0 radical (unpaired) electrons.